The molecule has 0 aliphatic rings. The summed E-state index contributed by atoms with van der Waals surface area (Å²) >= 11 is 0. The van der Waals surface area contributed by atoms with Gasteiger partial charge in [-0.1, -0.05) is 26.8 Å². The maximum Gasteiger partial charge on any atom is 0.243 e. The van der Waals surface area contributed by atoms with Gasteiger partial charge in [0, 0.05) is 24.8 Å². The Bertz CT molecular complexity index is 659. The zero-order valence-electron chi connectivity index (χ0n) is 14.9. The van der Waals surface area contributed by atoms with Crippen molar-refractivity contribution < 1.29 is 13.2 Å². The Morgan fingerprint density at radius 1 is 1.25 bits per heavy atom. The third-order valence-corrected chi connectivity index (χ3v) is 6.17. The van der Waals surface area contributed by atoms with Crippen LogP contribution in [0, 0.1) is 12.8 Å². The Labute approximate surface area is 151 Å². The number of rotatable bonds is 7. The molecular formula is C16H28ClN3O3S. The zero-order valence-corrected chi connectivity index (χ0v) is 16.5. The monoisotopic (exact) mass is 377 g/mol. The van der Waals surface area contributed by atoms with E-state index in [1.807, 2.05) is 0 Å². The molecule has 0 saturated carbocycles. The highest BCUT2D eigenvalue weighted by Crippen LogP contribution is 2.24. The molecule has 24 heavy (non-hydrogen) atoms. The smallest absolute Gasteiger partial charge is 0.243 e. The molecule has 0 spiro atoms. The van der Waals surface area contributed by atoms with E-state index >= 15 is 0 Å². The number of anilines is 1. The van der Waals surface area contributed by atoms with Crippen LogP contribution in [0.2, 0.25) is 0 Å². The minimum Gasteiger partial charge on any atom is -0.327 e. The van der Waals surface area contributed by atoms with Crippen LogP contribution >= 0.6 is 12.4 Å². The lowest BCUT2D eigenvalue weighted by molar-refractivity contribution is -0.119. The normalized spacial score (nSPS) is 14.0. The van der Waals surface area contributed by atoms with E-state index in [4.69, 9.17) is 5.73 Å². The summed E-state index contributed by atoms with van der Waals surface area (Å²) in [6.45, 7) is 9.63. The fourth-order valence-corrected chi connectivity index (χ4v) is 3.86. The standard InChI is InChI=1S/C16H27N3O3S.ClH/c1-6-19(7-2)23(21,22)15-10-14(9-8-11(15)3)18-16(20)12(4)13(5)17;/h8-10,12-13H,6-7,17H2,1-5H3,(H,18,20);1H. The molecule has 0 bridgehead atoms. The average Bonchev–Trinajstić information content (AvgIpc) is 2.48. The summed E-state index contributed by atoms with van der Waals surface area (Å²) in [5.41, 5.74) is 6.83. The molecule has 1 rings (SSSR count). The van der Waals surface area contributed by atoms with E-state index in [1.54, 1.807) is 46.8 Å². The predicted octanol–water partition coefficient (Wildman–Crippen LogP) is 2.37. The number of hydrogen-bond acceptors (Lipinski definition) is 4. The predicted molar refractivity (Wildman–Crippen MR) is 100.0 cm³/mol. The van der Waals surface area contributed by atoms with E-state index < -0.39 is 10.0 Å². The zero-order chi connectivity index (χ0) is 17.8. The molecule has 0 aliphatic carbocycles. The van der Waals surface area contributed by atoms with Crippen molar-refractivity contribution in [1.82, 2.24) is 4.31 Å². The van der Waals surface area contributed by atoms with Gasteiger partial charge in [-0.15, -0.1) is 12.4 Å². The number of carbonyl (C=O) groups is 1. The molecule has 0 aromatic heterocycles. The molecule has 2 atom stereocenters. The van der Waals surface area contributed by atoms with Gasteiger partial charge in [0.15, 0.2) is 0 Å². The van der Waals surface area contributed by atoms with Gasteiger partial charge in [0.1, 0.15) is 0 Å². The van der Waals surface area contributed by atoms with Crippen molar-refractivity contribution in [3.63, 3.8) is 0 Å². The second kappa shape index (κ2) is 9.36. The van der Waals surface area contributed by atoms with Gasteiger partial charge in [-0.3, -0.25) is 4.79 Å². The Kier molecular flexibility index (Phi) is 8.91. The molecular weight excluding hydrogens is 350 g/mol. The maximum absolute atomic E-state index is 12.7. The SMILES string of the molecule is CCN(CC)S(=O)(=O)c1cc(NC(=O)C(C)C(C)N)ccc1C.Cl. The molecule has 1 aromatic rings. The van der Waals surface area contributed by atoms with Crippen LogP contribution in [0.25, 0.3) is 0 Å². The number of amides is 1. The van der Waals surface area contributed by atoms with Crippen LogP contribution in [0.4, 0.5) is 5.69 Å². The van der Waals surface area contributed by atoms with Crippen LogP contribution in [0.15, 0.2) is 23.1 Å². The van der Waals surface area contributed by atoms with Gasteiger partial charge in [0.05, 0.1) is 10.8 Å². The maximum atomic E-state index is 12.7. The minimum atomic E-state index is -3.57. The quantitative estimate of drug-likeness (QED) is 0.762. The first-order valence-electron chi connectivity index (χ1n) is 7.82. The van der Waals surface area contributed by atoms with Crippen molar-refractivity contribution >= 4 is 34.0 Å². The Balaban J connectivity index is 0.00000529. The number of sulfonamides is 1. The number of nitrogens with one attached hydrogen (secondary N) is 1. The molecule has 1 amide bonds. The van der Waals surface area contributed by atoms with Gasteiger partial charge in [0.2, 0.25) is 15.9 Å². The first-order valence-corrected chi connectivity index (χ1v) is 9.26. The number of nitrogens with zero attached hydrogens (tertiary/aromatic N) is 1. The molecule has 8 heteroatoms. The van der Waals surface area contributed by atoms with Crippen LogP contribution in [0.3, 0.4) is 0 Å². The van der Waals surface area contributed by atoms with Crippen LogP contribution in [0.1, 0.15) is 33.3 Å². The van der Waals surface area contributed by atoms with Gasteiger partial charge >= 0.3 is 0 Å². The summed E-state index contributed by atoms with van der Waals surface area (Å²) in [4.78, 5) is 12.3. The summed E-state index contributed by atoms with van der Waals surface area (Å²) < 4.78 is 26.8. The number of aryl methyl sites for hydroxylation is 1. The van der Waals surface area contributed by atoms with E-state index in [9.17, 15) is 13.2 Å². The van der Waals surface area contributed by atoms with Gasteiger partial charge in [-0.05, 0) is 31.5 Å². The third-order valence-electron chi connectivity index (χ3n) is 3.98. The molecule has 138 valence electrons. The van der Waals surface area contributed by atoms with Crippen LogP contribution < -0.4 is 11.1 Å². The van der Waals surface area contributed by atoms with Gasteiger partial charge < -0.3 is 11.1 Å². The molecule has 0 saturated heterocycles. The highest BCUT2D eigenvalue weighted by Gasteiger charge is 2.24. The molecule has 1 aromatic carbocycles. The van der Waals surface area contributed by atoms with Crippen molar-refractivity contribution in [3.8, 4) is 0 Å². The fraction of sp³-hybridized carbons (Fsp3) is 0.562. The largest absolute Gasteiger partial charge is 0.327 e. The Hall–Kier alpha value is -1.15. The average molecular weight is 378 g/mol. The Morgan fingerprint density at radius 3 is 2.25 bits per heavy atom. The number of benzene rings is 1. The van der Waals surface area contributed by atoms with E-state index in [2.05, 4.69) is 5.32 Å². The van der Waals surface area contributed by atoms with Crippen molar-refractivity contribution in [1.29, 1.82) is 0 Å². The lowest BCUT2D eigenvalue weighted by Gasteiger charge is -2.21. The van der Waals surface area contributed by atoms with E-state index in [-0.39, 0.29) is 35.2 Å². The first-order chi connectivity index (χ1) is 10.6. The second-order valence-corrected chi connectivity index (χ2v) is 7.61. The lowest BCUT2D eigenvalue weighted by Crippen LogP contribution is -2.34. The summed E-state index contributed by atoms with van der Waals surface area (Å²) in [5, 5.41) is 2.74. The molecule has 0 aliphatic heterocycles. The molecule has 0 radical (unpaired) electrons. The molecule has 0 heterocycles. The number of carbonyl (C=O) groups excluding carboxylic acids is 1. The van der Waals surface area contributed by atoms with Crippen molar-refractivity contribution in [3.05, 3.63) is 23.8 Å². The van der Waals surface area contributed by atoms with Crippen molar-refractivity contribution in [2.45, 2.75) is 45.6 Å². The topological polar surface area (TPSA) is 92.5 Å². The minimum absolute atomic E-state index is 0. The van der Waals surface area contributed by atoms with Gasteiger partial charge in [0.25, 0.3) is 0 Å². The van der Waals surface area contributed by atoms with Crippen molar-refractivity contribution in [2.75, 3.05) is 18.4 Å². The number of nitrogens with two attached hydrogens (primary N) is 1. The number of hydrogen-bond donors (Lipinski definition) is 2. The third kappa shape index (κ3) is 5.17. The number of halogens is 1. The molecule has 2 unspecified atom stereocenters. The van der Waals surface area contributed by atoms with Crippen LogP contribution in [0.5, 0.6) is 0 Å². The van der Waals surface area contributed by atoms with Gasteiger partial charge in [-0.2, -0.15) is 4.31 Å². The molecule has 6 nitrogen and oxygen atoms in total. The fourth-order valence-electron chi connectivity index (χ4n) is 2.15. The second-order valence-electron chi connectivity index (χ2n) is 5.71. The molecule has 3 N–H and O–H groups in total. The van der Waals surface area contributed by atoms with Crippen molar-refractivity contribution in [2.24, 2.45) is 11.7 Å². The van der Waals surface area contributed by atoms with Crippen LogP contribution in [-0.4, -0.2) is 37.8 Å². The highest BCUT2D eigenvalue weighted by molar-refractivity contribution is 7.89. The summed E-state index contributed by atoms with van der Waals surface area (Å²) in [6.07, 6.45) is 0. The summed E-state index contributed by atoms with van der Waals surface area (Å²) in [7, 11) is -3.57. The highest BCUT2D eigenvalue weighted by atomic mass is 35.5. The van der Waals surface area contributed by atoms with E-state index in [1.165, 1.54) is 10.4 Å². The first kappa shape index (κ1) is 22.9. The van der Waals surface area contributed by atoms with Crippen LogP contribution in [-0.2, 0) is 14.8 Å². The van der Waals surface area contributed by atoms with E-state index in [0.717, 1.165) is 0 Å². The summed E-state index contributed by atoms with van der Waals surface area (Å²) in [6, 6.07) is 4.62. The lowest BCUT2D eigenvalue weighted by atomic mass is 10.0. The summed E-state index contributed by atoms with van der Waals surface area (Å²) in [5.74, 6) is -0.589. The Morgan fingerprint density at radius 2 is 1.79 bits per heavy atom. The molecule has 0 fully saturated rings. The van der Waals surface area contributed by atoms with E-state index in [0.29, 0.717) is 24.3 Å². The van der Waals surface area contributed by atoms with Gasteiger partial charge in [-0.25, -0.2) is 8.42 Å².